The Morgan fingerprint density at radius 1 is 1.06 bits per heavy atom. The molecule has 34 heavy (non-hydrogen) atoms. The molecule has 174 valence electrons. The predicted molar refractivity (Wildman–Crippen MR) is 133 cm³/mol. The minimum Gasteiger partial charge on any atom is -0.356 e. The molecule has 0 bridgehead atoms. The van der Waals surface area contributed by atoms with Crippen LogP contribution in [0.25, 0.3) is 27.8 Å². The van der Waals surface area contributed by atoms with Crippen molar-refractivity contribution in [2.45, 2.75) is 18.9 Å². The van der Waals surface area contributed by atoms with Crippen molar-refractivity contribution in [3.63, 3.8) is 0 Å². The maximum Gasteiger partial charge on any atom is 0.128 e. The van der Waals surface area contributed by atoms with Gasteiger partial charge >= 0.3 is 0 Å². The van der Waals surface area contributed by atoms with E-state index in [-0.39, 0.29) is 6.04 Å². The first-order chi connectivity index (χ1) is 16.3. The highest BCUT2D eigenvalue weighted by Gasteiger charge is 2.21. The van der Waals surface area contributed by atoms with E-state index < -0.39 is 9.73 Å². The number of aromatic nitrogens is 5. The van der Waals surface area contributed by atoms with Gasteiger partial charge in [-0.05, 0) is 31.0 Å². The zero-order chi connectivity index (χ0) is 23.9. The van der Waals surface area contributed by atoms with Gasteiger partial charge in [0.1, 0.15) is 11.9 Å². The summed E-state index contributed by atoms with van der Waals surface area (Å²) in [6, 6.07) is 8.52. The van der Waals surface area contributed by atoms with E-state index in [1.54, 1.807) is 27.9 Å². The Bertz CT molecular complexity index is 1500. The third-order valence-corrected chi connectivity index (χ3v) is 6.83. The van der Waals surface area contributed by atoms with Gasteiger partial charge in [0.2, 0.25) is 0 Å². The van der Waals surface area contributed by atoms with Crippen LogP contribution in [0.4, 0.5) is 5.82 Å². The molecule has 0 unspecified atom stereocenters. The predicted octanol–water partition coefficient (Wildman–Crippen LogP) is 3.36. The number of nitrogens with zero attached hydrogens (tertiary/aromatic N) is 8. The Morgan fingerprint density at radius 3 is 2.47 bits per heavy atom. The average molecular weight is 475 g/mol. The molecule has 0 aliphatic carbocycles. The van der Waals surface area contributed by atoms with Crippen LogP contribution < -0.4 is 4.90 Å². The van der Waals surface area contributed by atoms with Gasteiger partial charge < -0.3 is 4.90 Å². The van der Waals surface area contributed by atoms with Crippen molar-refractivity contribution in [1.82, 2.24) is 24.4 Å². The second-order valence-electron chi connectivity index (χ2n) is 8.92. The summed E-state index contributed by atoms with van der Waals surface area (Å²) in [4.78, 5) is 6.98. The van der Waals surface area contributed by atoms with Crippen molar-refractivity contribution in [1.29, 1.82) is 5.26 Å². The van der Waals surface area contributed by atoms with Crippen molar-refractivity contribution < 1.29 is 4.21 Å². The van der Waals surface area contributed by atoms with Gasteiger partial charge in [-0.25, -0.2) is 13.9 Å². The average Bonchev–Trinajstić information content (AvgIpc) is 3.44. The number of aryl methyl sites for hydroxylation is 1. The van der Waals surface area contributed by atoms with Crippen molar-refractivity contribution in [3.8, 4) is 28.3 Å². The van der Waals surface area contributed by atoms with E-state index in [0.29, 0.717) is 5.56 Å². The highest BCUT2D eigenvalue weighted by molar-refractivity contribution is 7.92. The number of piperidine rings is 1. The largest absolute Gasteiger partial charge is 0.356 e. The first-order valence-electron chi connectivity index (χ1n) is 11.1. The molecule has 0 amide bonds. The fraction of sp³-hybridized carbons (Fsp3) is 0.333. The van der Waals surface area contributed by atoms with Gasteiger partial charge in [0.15, 0.2) is 0 Å². The molecule has 0 atom stereocenters. The Hall–Kier alpha value is -3.71. The number of pyridine rings is 2. The molecule has 0 spiro atoms. The molecule has 1 saturated heterocycles. The minimum atomic E-state index is -2.08. The van der Waals surface area contributed by atoms with Crippen LogP contribution in [0.5, 0.6) is 0 Å². The quantitative estimate of drug-likeness (QED) is 0.449. The molecule has 10 heteroatoms. The van der Waals surface area contributed by atoms with Crippen LogP contribution in [-0.4, -0.2) is 60.2 Å². The van der Waals surface area contributed by atoms with E-state index in [2.05, 4.69) is 31.6 Å². The van der Waals surface area contributed by atoms with Crippen molar-refractivity contribution >= 4 is 21.1 Å². The SMILES string of the molecule is Cn1cc(-c2cc(-c3ccc(N4CCC(N=S(C)(C)=O)CC4)nc3)c3c(C#N)cnn3c2)cn1. The molecule has 1 fully saturated rings. The Morgan fingerprint density at radius 2 is 1.85 bits per heavy atom. The van der Waals surface area contributed by atoms with Crippen LogP contribution in [0.1, 0.15) is 18.4 Å². The van der Waals surface area contributed by atoms with E-state index in [1.165, 1.54) is 0 Å². The molecule has 5 heterocycles. The topological polar surface area (TPSA) is 104 Å². The standard InChI is InChI=1S/C24H26N8OS/c1-30-15-20(14-27-30)18-10-22(24-19(11-25)13-28-32(24)16-18)17-4-5-23(26-12-17)31-8-6-21(7-9-31)29-34(2,3)33/h4-5,10,12-16,21H,6-9H2,1-3H3. The highest BCUT2D eigenvalue weighted by atomic mass is 32.2. The smallest absolute Gasteiger partial charge is 0.128 e. The van der Waals surface area contributed by atoms with Gasteiger partial charge in [0, 0.05) is 83.2 Å². The molecule has 1 aliphatic rings. The number of hydrogen-bond acceptors (Lipinski definition) is 7. The van der Waals surface area contributed by atoms with Crippen LogP contribution in [-0.2, 0) is 16.8 Å². The van der Waals surface area contributed by atoms with Crippen molar-refractivity contribution in [2.75, 3.05) is 30.5 Å². The van der Waals surface area contributed by atoms with E-state index in [9.17, 15) is 9.47 Å². The molecule has 4 aromatic heterocycles. The molecule has 0 radical (unpaired) electrons. The maximum atomic E-state index is 12.0. The summed E-state index contributed by atoms with van der Waals surface area (Å²) < 4.78 is 20.0. The number of nitriles is 1. The van der Waals surface area contributed by atoms with Gasteiger partial charge in [0.05, 0.1) is 29.5 Å². The summed E-state index contributed by atoms with van der Waals surface area (Å²) in [5.74, 6) is 0.907. The molecule has 0 N–H and O–H groups in total. The molecule has 9 nitrogen and oxygen atoms in total. The van der Waals surface area contributed by atoms with Crippen LogP contribution >= 0.6 is 0 Å². The number of anilines is 1. The Balaban J connectivity index is 1.47. The minimum absolute atomic E-state index is 0.146. The van der Waals surface area contributed by atoms with E-state index in [4.69, 9.17) is 4.98 Å². The van der Waals surface area contributed by atoms with Gasteiger partial charge in [0.25, 0.3) is 0 Å². The molecular formula is C24H26N8OS. The van der Waals surface area contributed by atoms with Crippen molar-refractivity contribution in [2.24, 2.45) is 11.4 Å². The van der Waals surface area contributed by atoms with Gasteiger partial charge in [-0.1, -0.05) is 0 Å². The molecule has 0 aromatic carbocycles. The number of fused-ring (bicyclic) bond motifs is 1. The number of hydrogen-bond donors (Lipinski definition) is 0. The Labute approximate surface area is 198 Å². The monoisotopic (exact) mass is 474 g/mol. The van der Waals surface area contributed by atoms with Crippen LogP contribution in [0, 0.1) is 11.3 Å². The van der Waals surface area contributed by atoms with E-state index >= 15 is 0 Å². The summed E-state index contributed by atoms with van der Waals surface area (Å²) in [7, 11) is -0.196. The van der Waals surface area contributed by atoms with Crippen molar-refractivity contribution in [3.05, 3.63) is 54.7 Å². The summed E-state index contributed by atoms with van der Waals surface area (Å²) in [6.45, 7) is 1.66. The fourth-order valence-corrected chi connectivity index (χ4v) is 5.37. The van der Waals surface area contributed by atoms with Crippen LogP contribution in [0.15, 0.2) is 53.5 Å². The lowest BCUT2D eigenvalue weighted by atomic mass is 10.0. The third kappa shape index (κ3) is 4.39. The fourth-order valence-electron chi connectivity index (χ4n) is 4.44. The number of rotatable bonds is 4. The van der Waals surface area contributed by atoms with E-state index in [1.807, 2.05) is 44.0 Å². The van der Waals surface area contributed by atoms with Gasteiger partial charge in [-0.3, -0.25) is 8.89 Å². The molecule has 4 aromatic rings. The van der Waals surface area contributed by atoms with Gasteiger partial charge in [-0.2, -0.15) is 15.5 Å². The summed E-state index contributed by atoms with van der Waals surface area (Å²) in [6.07, 6.45) is 14.3. The van der Waals surface area contributed by atoms with Crippen LogP contribution in [0.2, 0.25) is 0 Å². The summed E-state index contributed by atoms with van der Waals surface area (Å²) >= 11 is 0. The highest BCUT2D eigenvalue weighted by Crippen LogP contribution is 2.32. The molecule has 0 saturated carbocycles. The molecular weight excluding hydrogens is 448 g/mol. The zero-order valence-corrected chi connectivity index (χ0v) is 20.2. The zero-order valence-electron chi connectivity index (χ0n) is 19.4. The lowest BCUT2D eigenvalue weighted by Gasteiger charge is -2.31. The second-order valence-corrected chi connectivity index (χ2v) is 11.5. The molecule has 1 aliphatic heterocycles. The summed E-state index contributed by atoms with van der Waals surface area (Å²) in [5, 5.41) is 18.3. The Kier molecular flexibility index (Phi) is 5.57. The first kappa shape index (κ1) is 22.1. The normalized spacial score (nSPS) is 14.9. The molecule has 5 rings (SSSR count). The van der Waals surface area contributed by atoms with Gasteiger partial charge in [-0.15, -0.1) is 0 Å². The third-order valence-electron chi connectivity index (χ3n) is 6.02. The first-order valence-corrected chi connectivity index (χ1v) is 13.4. The van der Waals surface area contributed by atoms with E-state index in [0.717, 1.165) is 59.5 Å². The lowest BCUT2D eigenvalue weighted by Crippen LogP contribution is -2.36. The summed E-state index contributed by atoms with van der Waals surface area (Å²) in [5.41, 5.74) is 5.02. The second kappa shape index (κ2) is 8.57. The van der Waals surface area contributed by atoms with Crippen LogP contribution in [0.3, 0.4) is 0 Å². The maximum absolute atomic E-state index is 12.0. The lowest BCUT2D eigenvalue weighted by molar-refractivity contribution is 0.502.